The van der Waals surface area contributed by atoms with Crippen molar-refractivity contribution in [1.29, 1.82) is 0 Å². The van der Waals surface area contributed by atoms with Crippen molar-refractivity contribution in [2.45, 2.75) is 25.2 Å². The molecule has 0 radical (unpaired) electrons. The van der Waals surface area contributed by atoms with Crippen LogP contribution < -0.4 is 0 Å². The number of alkyl halides is 1. The van der Waals surface area contributed by atoms with Gasteiger partial charge in [0.1, 0.15) is 0 Å². The Morgan fingerprint density at radius 3 is 2.53 bits per heavy atom. The van der Waals surface area contributed by atoms with Gasteiger partial charge in [0.05, 0.1) is 0 Å². The molecule has 0 unspecified atom stereocenters. The van der Waals surface area contributed by atoms with Gasteiger partial charge in [-0.15, -0.1) is 0 Å². The van der Waals surface area contributed by atoms with Gasteiger partial charge >= 0.3 is 0 Å². The van der Waals surface area contributed by atoms with E-state index >= 15 is 0 Å². The number of benzene rings is 1. The molecule has 1 aromatic rings. The minimum Gasteiger partial charge on any atom is -0.381 e. The normalized spacial score (nSPS) is 20.1. The van der Waals surface area contributed by atoms with E-state index < -0.39 is 0 Å². The Balaban J connectivity index is 2.36. The lowest BCUT2D eigenvalue weighted by molar-refractivity contribution is 0.0582. The second-order valence-electron chi connectivity index (χ2n) is 4.34. The topological polar surface area (TPSA) is 9.23 Å². The summed E-state index contributed by atoms with van der Waals surface area (Å²) < 4.78 is 5.47. The van der Waals surface area contributed by atoms with E-state index in [1.54, 1.807) is 0 Å². The van der Waals surface area contributed by atoms with Crippen LogP contribution in [0.15, 0.2) is 24.3 Å². The van der Waals surface area contributed by atoms with Crippen molar-refractivity contribution >= 4 is 15.9 Å². The molecule has 0 aliphatic carbocycles. The third-order valence-electron chi connectivity index (χ3n) is 3.42. The zero-order chi connectivity index (χ0) is 10.7. The Bertz CT molecular complexity index is 329. The molecular formula is C13H17BrO. The molecule has 1 heterocycles. The number of ether oxygens (including phenoxy) is 1. The van der Waals surface area contributed by atoms with E-state index in [4.69, 9.17) is 4.74 Å². The van der Waals surface area contributed by atoms with E-state index in [0.717, 1.165) is 31.4 Å². The zero-order valence-corrected chi connectivity index (χ0v) is 10.7. The summed E-state index contributed by atoms with van der Waals surface area (Å²) >= 11 is 3.68. The summed E-state index contributed by atoms with van der Waals surface area (Å²) in [6.45, 7) is 3.98. The molecule has 0 bridgehead atoms. The van der Waals surface area contributed by atoms with E-state index in [1.165, 1.54) is 11.1 Å². The fraction of sp³-hybridized carbons (Fsp3) is 0.538. The molecule has 0 atom stereocenters. The number of rotatable bonds is 2. The lowest BCUT2D eigenvalue weighted by atomic mass is 9.74. The predicted octanol–water partition coefficient (Wildman–Crippen LogP) is 3.44. The lowest BCUT2D eigenvalue weighted by Gasteiger charge is -2.37. The van der Waals surface area contributed by atoms with Gasteiger partial charge in [-0.05, 0) is 30.9 Å². The van der Waals surface area contributed by atoms with Crippen LogP contribution >= 0.6 is 15.9 Å². The summed E-state index contributed by atoms with van der Waals surface area (Å²) in [5.74, 6) is 0. The minimum absolute atomic E-state index is 0.295. The first-order valence-corrected chi connectivity index (χ1v) is 6.60. The van der Waals surface area contributed by atoms with Gasteiger partial charge in [-0.1, -0.05) is 40.2 Å². The van der Waals surface area contributed by atoms with Gasteiger partial charge in [-0.3, -0.25) is 0 Å². The van der Waals surface area contributed by atoms with Crippen LogP contribution in [0.5, 0.6) is 0 Å². The molecule has 1 aromatic carbocycles. The Hall–Kier alpha value is -0.340. The van der Waals surface area contributed by atoms with E-state index in [9.17, 15) is 0 Å². The van der Waals surface area contributed by atoms with Crippen LogP contribution in [0, 0.1) is 6.92 Å². The highest BCUT2D eigenvalue weighted by Gasteiger charge is 2.34. The maximum atomic E-state index is 5.47. The van der Waals surface area contributed by atoms with Crippen LogP contribution in [0.1, 0.15) is 24.0 Å². The fourth-order valence-corrected chi connectivity index (χ4v) is 3.27. The van der Waals surface area contributed by atoms with Gasteiger partial charge in [0.2, 0.25) is 0 Å². The van der Waals surface area contributed by atoms with Gasteiger partial charge in [-0.2, -0.15) is 0 Å². The van der Waals surface area contributed by atoms with Crippen molar-refractivity contribution in [3.8, 4) is 0 Å². The maximum Gasteiger partial charge on any atom is 0.0474 e. The van der Waals surface area contributed by atoms with Crippen molar-refractivity contribution in [3.63, 3.8) is 0 Å². The summed E-state index contributed by atoms with van der Waals surface area (Å²) in [6, 6.07) is 8.72. The standard InChI is InChI=1S/C13H17BrO/c1-11-4-2-3-5-12(11)13(10-14)6-8-15-9-7-13/h2-5H,6-10H2,1H3. The van der Waals surface area contributed by atoms with Crippen molar-refractivity contribution in [3.05, 3.63) is 35.4 Å². The molecule has 1 aliphatic heterocycles. The molecule has 82 valence electrons. The summed E-state index contributed by atoms with van der Waals surface area (Å²) in [6.07, 6.45) is 2.26. The Labute approximate surface area is 100.0 Å². The molecule has 2 rings (SSSR count). The number of halogens is 1. The van der Waals surface area contributed by atoms with Gasteiger partial charge in [0, 0.05) is 24.0 Å². The van der Waals surface area contributed by atoms with Gasteiger partial charge in [-0.25, -0.2) is 0 Å². The SMILES string of the molecule is Cc1ccccc1C1(CBr)CCOCC1. The third kappa shape index (κ3) is 2.11. The first kappa shape index (κ1) is 11.2. The summed E-state index contributed by atoms with van der Waals surface area (Å²) in [5, 5.41) is 1.04. The second-order valence-corrected chi connectivity index (χ2v) is 4.90. The minimum atomic E-state index is 0.295. The average molecular weight is 269 g/mol. The third-order valence-corrected chi connectivity index (χ3v) is 4.50. The van der Waals surface area contributed by atoms with Crippen LogP contribution in [0.2, 0.25) is 0 Å². The molecule has 0 amide bonds. The molecular weight excluding hydrogens is 252 g/mol. The molecule has 2 heteroatoms. The molecule has 1 fully saturated rings. The fourth-order valence-electron chi connectivity index (χ4n) is 2.41. The Morgan fingerprint density at radius 2 is 1.93 bits per heavy atom. The van der Waals surface area contributed by atoms with Crippen molar-refractivity contribution in [2.75, 3.05) is 18.5 Å². The molecule has 1 aliphatic rings. The average Bonchev–Trinajstić information content (AvgIpc) is 2.30. The highest BCUT2D eigenvalue weighted by atomic mass is 79.9. The highest BCUT2D eigenvalue weighted by molar-refractivity contribution is 9.09. The van der Waals surface area contributed by atoms with Gasteiger partial charge in [0.25, 0.3) is 0 Å². The van der Waals surface area contributed by atoms with E-state index in [0.29, 0.717) is 5.41 Å². The van der Waals surface area contributed by atoms with Crippen LogP contribution in [0.3, 0.4) is 0 Å². The number of hydrogen-bond acceptors (Lipinski definition) is 1. The van der Waals surface area contributed by atoms with E-state index in [1.807, 2.05) is 0 Å². The molecule has 0 spiro atoms. The van der Waals surface area contributed by atoms with Crippen LogP contribution in [0.25, 0.3) is 0 Å². The van der Waals surface area contributed by atoms with Crippen LogP contribution in [-0.2, 0) is 10.2 Å². The monoisotopic (exact) mass is 268 g/mol. The molecule has 0 aromatic heterocycles. The first-order chi connectivity index (χ1) is 7.28. The quantitative estimate of drug-likeness (QED) is 0.747. The first-order valence-electron chi connectivity index (χ1n) is 5.48. The van der Waals surface area contributed by atoms with E-state index in [2.05, 4.69) is 47.1 Å². The molecule has 15 heavy (non-hydrogen) atoms. The number of hydrogen-bond donors (Lipinski definition) is 0. The summed E-state index contributed by atoms with van der Waals surface area (Å²) in [7, 11) is 0. The van der Waals surface area contributed by atoms with Gasteiger partial charge in [0.15, 0.2) is 0 Å². The van der Waals surface area contributed by atoms with Crippen molar-refractivity contribution in [1.82, 2.24) is 0 Å². The van der Waals surface area contributed by atoms with Crippen LogP contribution in [-0.4, -0.2) is 18.5 Å². The Morgan fingerprint density at radius 1 is 1.27 bits per heavy atom. The summed E-state index contributed by atoms with van der Waals surface area (Å²) in [5.41, 5.74) is 3.19. The predicted molar refractivity (Wildman–Crippen MR) is 66.7 cm³/mol. The molecule has 0 saturated carbocycles. The molecule has 1 nitrogen and oxygen atoms in total. The largest absolute Gasteiger partial charge is 0.381 e. The lowest BCUT2D eigenvalue weighted by Crippen LogP contribution is -2.36. The molecule has 1 saturated heterocycles. The smallest absolute Gasteiger partial charge is 0.0474 e. The van der Waals surface area contributed by atoms with Crippen molar-refractivity contribution < 1.29 is 4.74 Å². The van der Waals surface area contributed by atoms with Crippen molar-refractivity contribution in [2.24, 2.45) is 0 Å². The zero-order valence-electron chi connectivity index (χ0n) is 9.13. The van der Waals surface area contributed by atoms with Crippen LogP contribution in [0.4, 0.5) is 0 Å². The highest BCUT2D eigenvalue weighted by Crippen LogP contribution is 2.37. The number of aryl methyl sites for hydroxylation is 1. The van der Waals surface area contributed by atoms with Gasteiger partial charge < -0.3 is 4.74 Å². The maximum absolute atomic E-state index is 5.47. The summed E-state index contributed by atoms with van der Waals surface area (Å²) in [4.78, 5) is 0. The van der Waals surface area contributed by atoms with E-state index in [-0.39, 0.29) is 0 Å². The second kappa shape index (κ2) is 4.67. The molecule has 0 N–H and O–H groups in total. The Kier molecular flexibility index (Phi) is 3.47.